The standard InChI is InChI=1S/C16H18N4O2.C2H6/c1-12(19-11-21)13-3-5-14(6-4-13)22-15-9-20(10-15)16-17-7-2-8-18-16;1-2/h2-8,11-12,15H,9-10H2,1H3,(H,19,21);1-2H3/t12-;/m0./s1/i11T;. The lowest BCUT2D eigenvalue weighted by Crippen LogP contribution is -2.54. The summed E-state index contributed by atoms with van der Waals surface area (Å²) in [5, 5.41) is 2.53. The van der Waals surface area contributed by atoms with E-state index in [1.807, 2.05) is 45.0 Å². The third kappa shape index (κ3) is 4.44. The van der Waals surface area contributed by atoms with Crippen molar-refractivity contribution in [2.45, 2.75) is 32.9 Å². The van der Waals surface area contributed by atoms with E-state index in [9.17, 15) is 4.79 Å². The summed E-state index contributed by atoms with van der Waals surface area (Å²) in [6.45, 7) is 7.36. The molecule has 0 saturated carbocycles. The van der Waals surface area contributed by atoms with E-state index in [0.717, 1.165) is 30.4 Å². The molecule has 0 radical (unpaired) electrons. The number of ether oxygens (including phenoxy) is 1. The van der Waals surface area contributed by atoms with Crippen LogP contribution in [0.2, 0.25) is 0 Å². The predicted octanol–water partition coefficient (Wildman–Crippen LogP) is 2.58. The molecular weight excluding hydrogens is 304 g/mol. The second-order valence-electron chi connectivity index (χ2n) is 5.23. The van der Waals surface area contributed by atoms with Gasteiger partial charge in [-0.05, 0) is 30.7 Å². The maximum Gasteiger partial charge on any atom is 0.225 e. The third-order valence-corrected chi connectivity index (χ3v) is 3.64. The number of hydrogen-bond acceptors (Lipinski definition) is 5. The van der Waals surface area contributed by atoms with E-state index in [2.05, 4.69) is 20.2 Å². The molecule has 6 heteroatoms. The summed E-state index contributed by atoms with van der Waals surface area (Å²) in [6.07, 6.45) is 2.79. The van der Waals surface area contributed by atoms with E-state index < -0.39 is 6.39 Å². The highest BCUT2D eigenvalue weighted by Crippen LogP contribution is 2.22. The average Bonchev–Trinajstić information content (AvgIpc) is 2.60. The van der Waals surface area contributed by atoms with Crippen molar-refractivity contribution in [1.29, 1.82) is 0 Å². The van der Waals surface area contributed by atoms with E-state index in [4.69, 9.17) is 6.11 Å². The molecule has 2 heterocycles. The second-order valence-corrected chi connectivity index (χ2v) is 5.23. The normalized spacial score (nSPS) is 15.3. The van der Waals surface area contributed by atoms with Crippen LogP contribution in [0.1, 0.15) is 33.7 Å². The number of amides is 1. The van der Waals surface area contributed by atoms with Gasteiger partial charge in [0.05, 0.1) is 19.1 Å². The zero-order valence-electron chi connectivity index (χ0n) is 15.3. The number of nitrogens with one attached hydrogen (secondary N) is 1. The van der Waals surface area contributed by atoms with Crippen LogP contribution in [0, 0.1) is 0 Å². The third-order valence-electron chi connectivity index (χ3n) is 3.64. The molecule has 128 valence electrons. The van der Waals surface area contributed by atoms with Gasteiger partial charge in [0.2, 0.25) is 12.3 Å². The van der Waals surface area contributed by atoms with Crippen LogP contribution in [0.4, 0.5) is 5.95 Å². The highest BCUT2D eigenvalue weighted by Gasteiger charge is 2.30. The molecule has 0 aliphatic carbocycles. The first-order valence-electron chi connectivity index (χ1n) is 8.67. The molecule has 0 unspecified atom stereocenters. The fourth-order valence-corrected chi connectivity index (χ4v) is 2.33. The van der Waals surface area contributed by atoms with Crippen LogP contribution in [-0.2, 0) is 4.79 Å². The molecule has 0 spiro atoms. The van der Waals surface area contributed by atoms with Crippen molar-refractivity contribution in [2.75, 3.05) is 18.0 Å². The minimum Gasteiger partial charge on any atom is -0.487 e. The molecule has 0 bridgehead atoms. The largest absolute Gasteiger partial charge is 0.487 e. The highest BCUT2D eigenvalue weighted by molar-refractivity contribution is 5.47. The fraction of sp³-hybridized carbons (Fsp3) is 0.389. The lowest BCUT2D eigenvalue weighted by molar-refractivity contribution is -0.110. The Balaban J connectivity index is 0.00000109. The molecule has 1 atom stereocenters. The van der Waals surface area contributed by atoms with E-state index in [-0.39, 0.29) is 12.1 Å². The van der Waals surface area contributed by atoms with Gasteiger partial charge < -0.3 is 15.0 Å². The van der Waals surface area contributed by atoms with Crippen molar-refractivity contribution in [3.8, 4) is 5.75 Å². The Hall–Kier alpha value is -2.63. The van der Waals surface area contributed by atoms with Gasteiger partial charge in [0.1, 0.15) is 13.2 Å². The molecule has 1 aromatic heterocycles. The number of aromatic nitrogens is 2. The summed E-state index contributed by atoms with van der Waals surface area (Å²) in [4.78, 5) is 21.2. The lowest BCUT2D eigenvalue weighted by Gasteiger charge is -2.38. The molecular formula is C18H24N4O2. The summed E-state index contributed by atoms with van der Waals surface area (Å²) >= 11 is 0. The first-order valence-corrected chi connectivity index (χ1v) is 8.17. The summed E-state index contributed by atoms with van der Waals surface area (Å²) in [6, 6.07) is 9.15. The Bertz CT molecular complexity index is 661. The van der Waals surface area contributed by atoms with Crippen LogP contribution in [0.15, 0.2) is 42.7 Å². The maximum atomic E-state index is 10.8. The molecule has 3 rings (SSSR count). The molecule has 1 aromatic carbocycles. The van der Waals surface area contributed by atoms with Crippen molar-refractivity contribution in [1.82, 2.24) is 15.3 Å². The topological polar surface area (TPSA) is 67.3 Å². The van der Waals surface area contributed by atoms with Crippen LogP contribution in [-0.4, -0.2) is 35.5 Å². The van der Waals surface area contributed by atoms with Gasteiger partial charge in [-0.3, -0.25) is 4.79 Å². The minimum atomic E-state index is -0.782. The molecule has 6 nitrogen and oxygen atoms in total. The Labute approximate surface area is 144 Å². The summed E-state index contributed by atoms with van der Waals surface area (Å²) in [5.74, 6) is 1.51. The first-order chi connectivity index (χ1) is 12.1. The lowest BCUT2D eigenvalue weighted by atomic mass is 10.1. The van der Waals surface area contributed by atoms with Gasteiger partial charge in [0, 0.05) is 12.4 Å². The molecule has 1 amide bonds. The highest BCUT2D eigenvalue weighted by atomic mass is 16.5. The number of nitrogens with zero attached hydrogens (tertiary/aromatic N) is 3. The maximum absolute atomic E-state index is 10.8. The van der Waals surface area contributed by atoms with E-state index in [0.29, 0.717) is 0 Å². The Morgan fingerprint density at radius 2 is 1.92 bits per heavy atom. The number of carbonyl (C=O) groups excluding carboxylic acids is 1. The molecule has 1 aliphatic rings. The molecule has 1 fully saturated rings. The number of benzene rings is 1. The van der Waals surface area contributed by atoms with Crippen LogP contribution < -0.4 is 15.0 Å². The Kier molecular flexibility index (Phi) is 5.99. The molecule has 1 N–H and O–H groups in total. The predicted molar refractivity (Wildman–Crippen MR) is 94.1 cm³/mol. The van der Waals surface area contributed by atoms with Crippen LogP contribution in [0.25, 0.3) is 0 Å². The SMILES string of the molecule is CC.[3H]C(=O)N[C@@H](C)c1ccc(OC2CN(c3ncccn3)C2)cc1. The minimum absolute atomic E-state index is 0.120. The Morgan fingerprint density at radius 1 is 1.29 bits per heavy atom. The number of anilines is 1. The quantitative estimate of drug-likeness (QED) is 0.854. The fourth-order valence-electron chi connectivity index (χ4n) is 2.33. The van der Waals surface area contributed by atoms with Crippen LogP contribution >= 0.6 is 0 Å². The summed E-state index contributed by atoms with van der Waals surface area (Å²) < 4.78 is 12.8. The van der Waals surface area contributed by atoms with E-state index in [1.165, 1.54) is 0 Å². The molecule has 1 saturated heterocycles. The second kappa shape index (κ2) is 8.86. The van der Waals surface area contributed by atoms with E-state index in [1.54, 1.807) is 18.5 Å². The van der Waals surface area contributed by atoms with Gasteiger partial charge in [-0.25, -0.2) is 9.97 Å². The van der Waals surface area contributed by atoms with Crippen LogP contribution in [0.3, 0.4) is 0 Å². The van der Waals surface area contributed by atoms with Crippen molar-refractivity contribution >= 4 is 12.3 Å². The van der Waals surface area contributed by atoms with Crippen molar-refractivity contribution in [3.63, 3.8) is 0 Å². The summed E-state index contributed by atoms with van der Waals surface area (Å²) in [7, 11) is 0. The zero-order valence-corrected chi connectivity index (χ0v) is 14.3. The van der Waals surface area contributed by atoms with Gasteiger partial charge in [-0.1, -0.05) is 26.0 Å². The molecule has 1 aliphatic heterocycles. The number of hydrogen-bond donors (Lipinski definition) is 1. The van der Waals surface area contributed by atoms with Gasteiger partial charge in [0.25, 0.3) is 0 Å². The number of carbonyl (C=O) groups is 1. The van der Waals surface area contributed by atoms with Crippen LogP contribution in [0.5, 0.6) is 5.75 Å². The van der Waals surface area contributed by atoms with Crippen molar-refractivity contribution in [2.24, 2.45) is 0 Å². The molecule has 2 aromatic rings. The monoisotopic (exact) mass is 330 g/mol. The first kappa shape index (κ1) is 16.2. The van der Waals surface area contributed by atoms with Gasteiger partial charge >= 0.3 is 0 Å². The number of rotatable bonds is 5. The smallest absolute Gasteiger partial charge is 0.225 e. The average molecular weight is 330 g/mol. The van der Waals surface area contributed by atoms with Gasteiger partial charge in [0.15, 0.2) is 0 Å². The molecule has 24 heavy (non-hydrogen) atoms. The van der Waals surface area contributed by atoms with Crippen molar-refractivity contribution in [3.05, 3.63) is 48.3 Å². The Morgan fingerprint density at radius 3 is 2.50 bits per heavy atom. The van der Waals surface area contributed by atoms with Gasteiger partial charge in [-0.2, -0.15) is 0 Å². The van der Waals surface area contributed by atoms with Crippen molar-refractivity contribution < 1.29 is 10.9 Å². The summed E-state index contributed by atoms with van der Waals surface area (Å²) in [5.41, 5.74) is 0.936. The van der Waals surface area contributed by atoms with E-state index >= 15 is 0 Å². The zero-order chi connectivity index (χ0) is 18.2. The van der Waals surface area contributed by atoms with Gasteiger partial charge in [-0.15, -0.1) is 0 Å².